The van der Waals surface area contributed by atoms with E-state index in [-0.39, 0.29) is 18.1 Å². The summed E-state index contributed by atoms with van der Waals surface area (Å²) < 4.78 is 11.2. The fourth-order valence-corrected chi connectivity index (χ4v) is 3.66. The van der Waals surface area contributed by atoms with Gasteiger partial charge in [-0.15, -0.1) is 0 Å². The molecular weight excluding hydrogens is 346 g/mol. The molecule has 0 bridgehead atoms. The molecule has 1 aromatic rings. The minimum absolute atomic E-state index is 0.0537. The van der Waals surface area contributed by atoms with Gasteiger partial charge < -0.3 is 25.0 Å². The van der Waals surface area contributed by atoms with Gasteiger partial charge in [0.15, 0.2) is 0 Å². The maximum absolute atomic E-state index is 13.2. The van der Waals surface area contributed by atoms with Crippen LogP contribution in [0.15, 0.2) is 6.07 Å². The van der Waals surface area contributed by atoms with Crippen LogP contribution in [0.4, 0.5) is 0 Å². The monoisotopic (exact) mass is 379 g/mol. The van der Waals surface area contributed by atoms with E-state index in [0.717, 1.165) is 43.6 Å². The summed E-state index contributed by atoms with van der Waals surface area (Å²) in [5.74, 6) is 0.0537. The fourth-order valence-electron chi connectivity index (χ4n) is 3.66. The topological polar surface area (TPSA) is 91.5 Å². The number of carbonyl (C=O) groups excluding carboxylic acids is 1. The number of H-pyrrole nitrogens is 1. The number of rotatable bonds is 10. The van der Waals surface area contributed by atoms with E-state index in [1.165, 1.54) is 0 Å². The number of methoxy groups -OCH3 is 1. The molecule has 8 heteroatoms. The molecule has 3 N–H and O–H groups in total. The summed E-state index contributed by atoms with van der Waals surface area (Å²) in [4.78, 5) is 15.2. The third-order valence-corrected chi connectivity index (χ3v) is 5.25. The quantitative estimate of drug-likeness (QED) is 0.516. The van der Waals surface area contributed by atoms with Crippen LogP contribution in [-0.2, 0) is 20.7 Å². The number of aromatic amines is 1. The van der Waals surface area contributed by atoms with Gasteiger partial charge in [0.25, 0.3) is 5.91 Å². The summed E-state index contributed by atoms with van der Waals surface area (Å²) in [7, 11) is 3.61. The summed E-state index contributed by atoms with van der Waals surface area (Å²) in [6, 6.07) is 2.32. The van der Waals surface area contributed by atoms with E-state index >= 15 is 0 Å². The first-order valence-electron chi connectivity index (χ1n) is 10.00. The third kappa shape index (κ3) is 5.28. The van der Waals surface area contributed by atoms with Crippen LogP contribution in [0, 0.1) is 0 Å². The van der Waals surface area contributed by atoms with Gasteiger partial charge in [0.05, 0.1) is 24.4 Å². The Morgan fingerprint density at radius 3 is 3.00 bits per heavy atom. The van der Waals surface area contributed by atoms with Crippen molar-refractivity contribution in [3.8, 4) is 0 Å². The first kappa shape index (κ1) is 20.3. The number of aromatic nitrogens is 2. The maximum atomic E-state index is 13.2. The van der Waals surface area contributed by atoms with Crippen LogP contribution in [0.5, 0.6) is 0 Å². The molecule has 1 aliphatic heterocycles. The average molecular weight is 380 g/mol. The Morgan fingerprint density at radius 2 is 2.30 bits per heavy atom. The van der Waals surface area contributed by atoms with Crippen molar-refractivity contribution in [2.45, 2.75) is 56.9 Å². The van der Waals surface area contributed by atoms with Gasteiger partial charge in [-0.05, 0) is 52.3 Å². The number of carbonyl (C=O) groups is 1. The molecule has 8 nitrogen and oxygen atoms in total. The van der Waals surface area contributed by atoms with Crippen LogP contribution >= 0.6 is 0 Å². The molecule has 3 atom stereocenters. The molecule has 3 rings (SSSR count). The number of nitrogens with zero attached hydrogens (tertiary/aromatic N) is 2. The van der Waals surface area contributed by atoms with Crippen LogP contribution in [0.3, 0.4) is 0 Å². The van der Waals surface area contributed by atoms with Crippen molar-refractivity contribution in [3.05, 3.63) is 17.5 Å². The third-order valence-electron chi connectivity index (χ3n) is 5.25. The van der Waals surface area contributed by atoms with Crippen molar-refractivity contribution >= 4 is 5.91 Å². The molecule has 2 aliphatic rings. The minimum atomic E-state index is -0.462. The Kier molecular flexibility index (Phi) is 7.23. The molecule has 0 aromatic carbocycles. The SMILES string of the molecule is CNCCCc1cc([C@@H](C)N(C(=O)[C@H]2CNC[C@@H](COC)O2)C2CC2)n[nH]1. The van der Waals surface area contributed by atoms with E-state index in [0.29, 0.717) is 25.7 Å². The van der Waals surface area contributed by atoms with E-state index in [1.54, 1.807) is 7.11 Å². The summed E-state index contributed by atoms with van der Waals surface area (Å²) >= 11 is 0. The molecule has 1 aliphatic carbocycles. The summed E-state index contributed by atoms with van der Waals surface area (Å²) in [6.07, 6.45) is 3.56. The molecule has 1 saturated carbocycles. The lowest BCUT2D eigenvalue weighted by molar-refractivity contribution is -0.156. The van der Waals surface area contributed by atoms with Crippen molar-refractivity contribution in [3.63, 3.8) is 0 Å². The molecule has 1 amide bonds. The Hall–Kier alpha value is -1.48. The number of nitrogens with one attached hydrogen (secondary N) is 3. The zero-order valence-corrected chi connectivity index (χ0v) is 16.7. The smallest absolute Gasteiger partial charge is 0.253 e. The summed E-state index contributed by atoms with van der Waals surface area (Å²) in [5.41, 5.74) is 2.04. The van der Waals surface area contributed by atoms with Gasteiger partial charge in [0.1, 0.15) is 6.10 Å². The van der Waals surface area contributed by atoms with Crippen molar-refractivity contribution in [1.29, 1.82) is 0 Å². The van der Waals surface area contributed by atoms with Gasteiger partial charge in [-0.1, -0.05) is 0 Å². The molecule has 2 heterocycles. The number of hydrogen-bond acceptors (Lipinski definition) is 6. The molecule has 1 aromatic heterocycles. The summed E-state index contributed by atoms with van der Waals surface area (Å²) in [6.45, 7) is 4.79. The minimum Gasteiger partial charge on any atom is -0.382 e. The predicted octanol–water partition coefficient (Wildman–Crippen LogP) is 0.617. The first-order valence-corrected chi connectivity index (χ1v) is 10.00. The van der Waals surface area contributed by atoms with Crippen molar-refractivity contribution in [2.24, 2.45) is 0 Å². The molecule has 0 radical (unpaired) electrons. The van der Waals surface area contributed by atoms with Gasteiger partial charge >= 0.3 is 0 Å². The van der Waals surface area contributed by atoms with Gasteiger partial charge in [-0.3, -0.25) is 9.89 Å². The van der Waals surface area contributed by atoms with Crippen molar-refractivity contribution < 1.29 is 14.3 Å². The zero-order chi connectivity index (χ0) is 19.2. The largest absolute Gasteiger partial charge is 0.382 e. The van der Waals surface area contributed by atoms with Gasteiger partial charge in [-0.2, -0.15) is 5.10 Å². The average Bonchev–Trinajstić information content (AvgIpc) is 3.39. The lowest BCUT2D eigenvalue weighted by atomic mass is 10.1. The van der Waals surface area contributed by atoms with Gasteiger partial charge in [0.2, 0.25) is 0 Å². The van der Waals surface area contributed by atoms with Crippen LogP contribution in [0.1, 0.15) is 43.6 Å². The summed E-state index contributed by atoms with van der Waals surface area (Å²) in [5, 5.41) is 14.1. The van der Waals surface area contributed by atoms with E-state index in [2.05, 4.69) is 33.8 Å². The van der Waals surface area contributed by atoms with E-state index < -0.39 is 6.10 Å². The van der Waals surface area contributed by atoms with Gasteiger partial charge in [0, 0.05) is 31.9 Å². The number of ether oxygens (including phenoxy) is 2. The number of aryl methyl sites for hydroxylation is 1. The Morgan fingerprint density at radius 1 is 1.48 bits per heavy atom. The molecular formula is C19H33N5O3. The maximum Gasteiger partial charge on any atom is 0.253 e. The molecule has 0 unspecified atom stereocenters. The highest BCUT2D eigenvalue weighted by atomic mass is 16.5. The van der Waals surface area contributed by atoms with Crippen LogP contribution in [-0.4, -0.2) is 79.7 Å². The normalized spacial score (nSPS) is 24.0. The molecule has 152 valence electrons. The van der Waals surface area contributed by atoms with E-state index in [1.807, 2.05) is 11.9 Å². The molecule has 2 fully saturated rings. The van der Waals surface area contributed by atoms with Crippen LogP contribution in [0.25, 0.3) is 0 Å². The van der Waals surface area contributed by atoms with E-state index in [4.69, 9.17) is 9.47 Å². The van der Waals surface area contributed by atoms with Gasteiger partial charge in [-0.25, -0.2) is 0 Å². The lowest BCUT2D eigenvalue weighted by Crippen LogP contribution is -2.54. The Labute approximate surface area is 161 Å². The lowest BCUT2D eigenvalue weighted by Gasteiger charge is -2.35. The highest BCUT2D eigenvalue weighted by molar-refractivity contribution is 5.82. The van der Waals surface area contributed by atoms with Crippen LogP contribution in [0.2, 0.25) is 0 Å². The highest BCUT2D eigenvalue weighted by Gasteiger charge is 2.41. The molecule has 1 saturated heterocycles. The second-order valence-corrected chi connectivity index (χ2v) is 7.54. The fraction of sp³-hybridized carbons (Fsp3) is 0.789. The van der Waals surface area contributed by atoms with Crippen LogP contribution < -0.4 is 10.6 Å². The number of morpholine rings is 1. The standard InChI is InChI=1S/C19H33N5O3/c1-13(17-9-14(22-23-17)5-4-8-20-2)24(15-6-7-15)19(25)18-11-21-10-16(27-18)12-26-3/h9,13,15-16,18,20-21H,4-8,10-12H2,1-3H3,(H,22,23)/t13-,16+,18-/m1/s1. The van der Waals surface area contributed by atoms with Crippen molar-refractivity contribution in [1.82, 2.24) is 25.7 Å². The van der Waals surface area contributed by atoms with Crippen molar-refractivity contribution in [2.75, 3.05) is 40.4 Å². The number of amides is 1. The predicted molar refractivity (Wildman–Crippen MR) is 103 cm³/mol. The highest BCUT2D eigenvalue weighted by Crippen LogP contribution is 2.35. The zero-order valence-electron chi connectivity index (χ0n) is 16.7. The number of hydrogen-bond donors (Lipinski definition) is 3. The molecule has 0 spiro atoms. The Balaban J connectivity index is 1.65. The Bertz CT molecular complexity index is 602. The molecule has 27 heavy (non-hydrogen) atoms. The first-order chi connectivity index (χ1) is 13.1. The second kappa shape index (κ2) is 9.64. The van der Waals surface area contributed by atoms with E-state index in [9.17, 15) is 4.79 Å². The second-order valence-electron chi connectivity index (χ2n) is 7.54.